The number of carbonyl (C=O) groups is 1. The Kier molecular flexibility index (Phi) is 13.7. The lowest BCUT2D eigenvalue weighted by Crippen LogP contribution is -2.11. The third kappa shape index (κ3) is 11.0. The SMILES string of the molecule is CCCCCCOc1cccc(OCCCCCC)c1C=CC(=O)OC(C)CC. The summed E-state index contributed by atoms with van der Waals surface area (Å²) >= 11 is 0. The molecule has 0 spiro atoms. The smallest absolute Gasteiger partial charge is 0.331 e. The fourth-order valence-corrected chi connectivity index (χ4v) is 2.83. The van der Waals surface area contributed by atoms with Crippen LogP contribution in [0, 0.1) is 0 Å². The molecule has 0 N–H and O–H groups in total. The fourth-order valence-electron chi connectivity index (χ4n) is 2.83. The van der Waals surface area contributed by atoms with Gasteiger partial charge in [-0.2, -0.15) is 0 Å². The molecule has 0 aliphatic rings. The maximum atomic E-state index is 12.1. The van der Waals surface area contributed by atoms with E-state index < -0.39 is 0 Å². The number of unbranched alkanes of at least 4 members (excludes halogenated alkanes) is 6. The zero-order chi connectivity index (χ0) is 21.3. The van der Waals surface area contributed by atoms with E-state index in [2.05, 4.69) is 13.8 Å². The number of rotatable bonds is 16. The van der Waals surface area contributed by atoms with E-state index in [1.165, 1.54) is 31.8 Å². The summed E-state index contributed by atoms with van der Waals surface area (Å²) in [5.74, 6) is 1.16. The lowest BCUT2D eigenvalue weighted by molar-refractivity contribution is -0.142. The number of carbonyl (C=O) groups excluding carboxylic acids is 1. The Morgan fingerprint density at radius 1 is 0.897 bits per heavy atom. The van der Waals surface area contributed by atoms with E-state index in [9.17, 15) is 4.79 Å². The van der Waals surface area contributed by atoms with Crippen molar-refractivity contribution in [3.63, 3.8) is 0 Å². The predicted octanol–water partition coefficient (Wildman–Crippen LogP) is 6.96. The largest absolute Gasteiger partial charge is 0.493 e. The van der Waals surface area contributed by atoms with Crippen LogP contribution in [0.4, 0.5) is 0 Å². The molecule has 0 aliphatic heterocycles. The van der Waals surface area contributed by atoms with Crippen molar-refractivity contribution in [3.8, 4) is 11.5 Å². The van der Waals surface area contributed by atoms with Crippen molar-refractivity contribution in [2.24, 2.45) is 0 Å². The van der Waals surface area contributed by atoms with Crippen molar-refractivity contribution < 1.29 is 19.0 Å². The van der Waals surface area contributed by atoms with Crippen molar-refractivity contribution in [1.82, 2.24) is 0 Å². The summed E-state index contributed by atoms with van der Waals surface area (Å²) < 4.78 is 17.4. The van der Waals surface area contributed by atoms with E-state index in [0.29, 0.717) is 13.2 Å². The molecule has 1 aromatic carbocycles. The summed E-state index contributed by atoms with van der Waals surface area (Å²) in [6.07, 6.45) is 13.1. The maximum absolute atomic E-state index is 12.1. The first-order valence-corrected chi connectivity index (χ1v) is 11.4. The maximum Gasteiger partial charge on any atom is 0.331 e. The average Bonchev–Trinajstić information content (AvgIpc) is 2.72. The molecule has 1 atom stereocenters. The normalized spacial score (nSPS) is 12.1. The van der Waals surface area contributed by atoms with Crippen molar-refractivity contribution in [2.45, 2.75) is 91.6 Å². The van der Waals surface area contributed by atoms with Gasteiger partial charge in [0.1, 0.15) is 11.5 Å². The quantitative estimate of drug-likeness (QED) is 0.170. The third-order valence-electron chi connectivity index (χ3n) is 4.82. The Hall–Kier alpha value is -1.97. The van der Waals surface area contributed by atoms with Crippen molar-refractivity contribution in [3.05, 3.63) is 29.8 Å². The minimum Gasteiger partial charge on any atom is -0.493 e. The highest BCUT2D eigenvalue weighted by atomic mass is 16.5. The number of hydrogen-bond acceptors (Lipinski definition) is 4. The van der Waals surface area contributed by atoms with Gasteiger partial charge in [0.15, 0.2) is 0 Å². The summed E-state index contributed by atoms with van der Waals surface area (Å²) in [5, 5.41) is 0. The molecular formula is C25H40O4. The summed E-state index contributed by atoms with van der Waals surface area (Å²) in [5.41, 5.74) is 0.805. The molecule has 0 saturated carbocycles. The van der Waals surface area contributed by atoms with Crippen LogP contribution in [-0.2, 0) is 9.53 Å². The monoisotopic (exact) mass is 404 g/mol. The molecule has 4 heteroatoms. The van der Waals surface area contributed by atoms with Crippen LogP contribution in [0.5, 0.6) is 11.5 Å². The Labute approximate surface area is 177 Å². The molecule has 0 aromatic heterocycles. The van der Waals surface area contributed by atoms with Crippen molar-refractivity contribution in [1.29, 1.82) is 0 Å². The molecule has 0 aliphatic carbocycles. The van der Waals surface area contributed by atoms with E-state index in [1.54, 1.807) is 6.08 Å². The molecule has 0 amide bonds. The second-order valence-corrected chi connectivity index (χ2v) is 7.48. The first kappa shape index (κ1) is 25.1. The number of hydrogen-bond donors (Lipinski definition) is 0. The molecule has 1 rings (SSSR count). The first-order valence-electron chi connectivity index (χ1n) is 11.4. The third-order valence-corrected chi connectivity index (χ3v) is 4.82. The number of esters is 1. The molecular weight excluding hydrogens is 364 g/mol. The van der Waals surface area contributed by atoms with Crippen LogP contribution < -0.4 is 9.47 Å². The van der Waals surface area contributed by atoms with Gasteiger partial charge in [0, 0.05) is 6.08 Å². The van der Waals surface area contributed by atoms with Gasteiger partial charge in [-0.25, -0.2) is 4.79 Å². The molecule has 164 valence electrons. The number of benzene rings is 1. The first-order chi connectivity index (χ1) is 14.1. The van der Waals surface area contributed by atoms with Gasteiger partial charge in [-0.1, -0.05) is 65.4 Å². The summed E-state index contributed by atoms with van der Waals surface area (Å²) in [7, 11) is 0. The van der Waals surface area contributed by atoms with Gasteiger partial charge in [0.05, 0.1) is 24.9 Å². The lowest BCUT2D eigenvalue weighted by atomic mass is 10.1. The average molecular weight is 405 g/mol. The molecule has 29 heavy (non-hydrogen) atoms. The van der Waals surface area contributed by atoms with Crippen molar-refractivity contribution >= 4 is 12.0 Å². The standard InChI is InChI=1S/C25H40O4/c1-5-8-10-12-19-27-23-15-14-16-24(28-20-13-11-9-6-2)22(23)17-18-25(26)29-21(4)7-3/h14-18,21H,5-13,19-20H2,1-4H3. The zero-order valence-electron chi connectivity index (χ0n) is 18.9. The second-order valence-electron chi connectivity index (χ2n) is 7.48. The molecule has 0 heterocycles. The van der Waals surface area contributed by atoms with Crippen molar-refractivity contribution in [2.75, 3.05) is 13.2 Å². The molecule has 0 saturated heterocycles. The minimum absolute atomic E-state index is 0.0912. The van der Waals surface area contributed by atoms with Crippen LogP contribution in [0.15, 0.2) is 24.3 Å². The molecule has 1 unspecified atom stereocenters. The van der Waals surface area contributed by atoms with E-state index in [0.717, 1.165) is 49.2 Å². The molecule has 0 fully saturated rings. The number of ether oxygens (including phenoxy) is 3. The summed E-state index contributed by atoms with van der Waals surface area (Å²) in [6, 6.07) is 5.81. The van der Waals surface area contributed by atoms with Crippen LogP contribution >= 0.6 is 0 Å². The highest BCUT2D eigenvalue weighted by Crippen LogP contribution is 2.30. The van der Waals surface area contributed by atoms with E-state index in [4.69, 9.17) is 14.2 Å². The molecule has 1 aromatic rings. The van der Waals surface area contributed by atoms with Crippen LogP contribution in [0.1, 0.15) is 91.0 Å². The van der Waals surface area contributed by atoms with Crippen LogP contribution in [-0.4, -0.2) is 25.3 Å². The van der Waals surface area contributed by atoms with Crippen LogP contribution in [0.3, 0.4) is 0 Å². The summed E-state index contributed by atoms with van der Waals surface area (Å²) in [4.78, 5) is 12.1. The highest BCUT2D eigenvalue weighted by molar-refractivity contribution is 5.88. The van der Waals surface area contributed by atoms with E-state index in [-0.39, 0.29) is 12.1 Å². The predicted molar refractivity (Wildman–Crippen MR) is 121 cm³/mol. The molecule has 0 bridgehead atoms. The van der Waals surface area contributed by atoms with Gasteiger partial charge in [-0.3, -0.25) is 0 Å². The Bertz CT molecular complexity index is 562. The van der Waals surface area contributed by atoms with Gasteiger partial charge in [0.2, 0.25) is 0 Å². The van der Waals surface area contributed by atoms with Gasteiger partial charge in [0.25, 0.3) is 0 Å². The molecule has 4 nitrogen and oxygen atoms in total. The van der Waals surface area contributed by atoms with E-state index >= 15 is 0 Å². The zero-order valence-corrected chi connectivity index (χ0v) is 18.9. The Morgan fingerprint density at radius 2 is 1.45 bits per heavy atom. The van der Waals surface area contributed by atoms with Gasteiger partial charge in [-0.05, 0) is 44.4 Å². The van der Waals surface area contributed by atoms with Crippen LogP contribution in [0.25, 0.3) is 6.08 Å². The second kappa shape index (κ2) is 15.9. The fraction of sp³-hybridized carbons (Fsp3) is 0.640. The lowest BCUT2D eigenvalue weighted by Gasteiger charge is -2.14. The Morgan fingerprint density at radius 3 is 1.93 bits per heavy atom. The highest BCUT2D eigenvalue weighted by Gasteiger charge is 2.10. The minimum atomic E-state index is -0.342. The summed E-state index contributed by atoms with van der Waals surface area (Å²) in [6.45, 7) is 9.61. The van der Waals surface area contributed by atoms with Gasteiger partial charge >= 0.3 is 5.97 Å². The van der Waals surface area contributed by atoms with Gasteiger partial charge in [-0.15, -0.1) is 0 Å². The van der Waals surface area contributed by atoms with Crippen LogP contribution in [0.2, 0.25) is 0 Å². The van der Waals surface area contributed by atoms with E-state index in [1.807, 2.05) is 32.0 Å². The molecule has 0 radical (unpaired) electrons. The topological polar surface area (TPSA) is 44.8 Å². The van der Waals surface area contributed by atoms with Gasteiger partial charge < -0.3 is 14.2 Å². The Balaban J connectivity index is 2.83.